The van der Waals surface area contributed by atoms with Gasteiger partial charge in [-0.1, -0.05) is 12.1 Å². The summed E-state index contributed by atoms with van der Waals surface area (Å²) in [6.07, 6.45) is 5.30. The fraction of sp³-hybridized carbons (Fsp3) is 0.292. The van der Waals surface area contributed by atoms with Crippen molar-refractivity contribution in [2.24, 2.45) is 0 Å². The van der Waals surface area contributed by atoms with E-state index in [1.165, 1.54) is 0 Å². The molecule has 4 rings (SSSR count). The predicted octanol–water partition coefficient (Wildman–Crippen LogP) is 3.81. The van der Waals surface area contributed by atoms with Crippen molar-refractivity contribution < 1.29 is 14.3 Å². The number of hydrogen-bond acceptors (Lipinski definition) is 4. The first-order valence-corrected chi connectivity index (χ1v) is 10.5. The Kier molecular flexibility index (Phi) is 6.02. The number of carbonyl (C=O) groups excluding carboxylic acids is 2. The van der Waals surface area contributed by atoms with Crippen LogP contribution >= 0.6 is 0 Å². The molecule has 7 heteroatoms. The minimum Gasteiger partial charge on any atom is -0.496 e. The van der Waals surface area contributed by atoms with Crippen molar-refractivity contribution in [2.45, 2.75) is 25.8 Å². The maximum atomic E-state index is 13.4. The summed E-state index contributed by atoms with van der Waals surface area (Å²) < 4.78 is 5.54. The molecule has 0 unspecified atom stereocenters. The maximum absolute atomic E-state index is 13.4. The van der Waals surface area contributed by atoms with Crippen molar-refractivity contribution in [2.75, 3.05) is 20.2 Å². The third-order valence-electron chi connectivity index (χ3n) is 5.64. The van der Waals surface area contributed by atoms with Crippen molar-refractivity contribution in [3.05, 3.63) is 71.5 Å². The van der Waals surface area contributed by atoms with E-state index in [1.54, 1.807) is 31.6 Å². The van der Waals surface area contributed by atoms with E-state index in [-0.39, 0.29) is 17.9 Å². The molecule has 2 amide bonds. The van der Waals surface area contributed by atoms with E-state index < -0.39 is 0 Å². The summed E-state index contributed by atoms with van der Waals surface area (Å²) in [5.41, 5.74) is 3.95. The van der Waals surface area contributed by atoms with Crippen molar-refractivity contribution in [1.82, 2.24) is 20.4 Å². The highest BCUT2D eigenvalue weighted by molar-refractivity contribution is 5.96. The number of likely N-dealkylation sites (tertiary alicyclic amines) is 1. The van der Waals surface area contributed by atoms with E-state index in [4.69, 9.17) is 4.74 Å². The molecule has 0 bridgehead atoms. The monoisotopic (exact) mass is 418 g/mol. The first kappa shape index (κ1) is 20.7. The van der Waals surface area contributed by atoms with Gasteiger partial charge in [0.15, 0.2) is 0 Å². The zero-order chi connectivity index (χ0) is 21.8. The molecule has 160 valence electrons. The lowest BCUT2D eigenvalue weighted by Gasteiger charge is -2.26. The molecule has 1 atom stereocenters. The highest BCUT2D eigenvalue weighted by atomic mass is 16.5. The summed E-state index contributed by atoms with van der Waals surface area (Å²) in [5.74, 6) is 0.490. The number of nitrogens with one attached hydrogen (secondary N) is 2. The Morgan fingerprint density at radius 3 is 2.84 bits per heavy atom. The molecular weight excluding hydrogens is 392 g/mol. The zero-order valence-electron chi connectivity index (χ0n) is 17.7. The summed E-state index contributed by atoms with van der Waals surface area (Å²) in [7, 11) is 1.60. The summed E-state index contributed by atoms with van der Waals surface area (Å²) in [4.78, 5) is 27.5. The molecule has 2 heterocycles. The van der Waals surface area contributed by atoms with Crippen molar-refractivity contribution in [3.8, 4) is 16.9 Å². The molecule has 0 aliphatic carbocycles. The number of aromatic nitrogens is 2. The minimum absolute atomic E-state index is 0.0389. The number of aromatic amines is 1. The summed E-state index contributed by atoms with van der Waals surface area (Å²) in [6.45, 7) is 3.15. The molecule has 2 N–H and O–H groups in total. The number of methoxy groups -OCH3 is 1. The Hall–Kier alpha value is -3.61. The van der Waals surface area contributed by atoms with Gasteiger partial charge in [-0.15, -0.1) is 0 Å². The van der Waals surface area contributed by atoms with Crippen LogP contribution in [0.25, 0.3) is 11.1 Å². The molecule has 1 aromatic heterocycles. The maximum Gasteiger partial charge on any atom is 0.254 e. The summed E-state index contributed by atoms with van der Waals surface area (Å²) in [6, 6.07) is 13.0. The number of ether oxygens (including phenoxy) is 1. The predicted molar refractivity (Wildman–Crippen MR) is 118 cm³/mol. The van der Waals surface area contributed by atoms with Gasteiger partial charge in [0.25, 0.3) is 11.8 Å². The number of nitrogens with zero attached hydrogens (tertiary/aromatic N) is 2. The van der Waals surface area contributed by atoms with Gasteiger partial charge in [0, 0.05) is 41.5 Å². The second-order valence-corrected chi connectivity index (χ2v) is 7.54. The topological polar surface area (TPSA) is 87.3 Å². The molecule has 3 aromatic rings. The van der Waals surface area contributed by atoms with Crippen LogP contribution in [0.4, 0.5) is 0 Å². The van der Waals surface area contributed by atoms with Gasteiger partial charge in [-0.05, 0) is 55.7 Å². The van der Waals surface area contributed by atoms with Crippen LogP contribution < -0.4 is 10.1 Å². The normalized spacial score (nSPS) is 15.7. The van der Waals surface area contributed by atoms with Crippen LogP contribution in [0.3, 0.4) is 0 Å². The number of H-pyrrole nitrogens is 1. The lowest BCUT2D eigenvalue weighted by Crippen LogP contribution is -2.31. The molecule has 0 saturated carbocycles. The van der Waals surface area contributed by atoms with Crippen molar-refractivity contribution >= 4 is 11.8 Å². The number of benzene rings is 2. The first-order chi connectivity index (χ1) is 15.1. The van der Waals surface area contributed by atoms with E-state index >= 15 is 0 Å². The molecule has 1 saturated heterocycles. The van der Waals surface area contributed by atoms with E-state index in [9.17, 15) is 9.59 Å². The van der Waals surface area contributed by atoms with Gasteiger partial charge in [0.2, 0.25) is 0 Å². The Balaban J connectivity index is 1.60. The average Bonchev–Trinajstić information content (AvgIpc) is 3.51. The molecule has 1 aliphatic heterocycles. The van der Waals surface area contributed by atoms with Gasteiger partial charge in [-0.2, -0.15) is 5.10 Å². The quantitative estimate of drug-likeness (QED) is 0.637. The van der Waals surface area contributed by atoms with Crippen LogP contribution in [-0.4, -0.2) is 47.1 Å². The van der Waals surface area contributed by atoms with Gasteiger partial charge in [0.1, 0.15) is 5.75 Å². The Labute approximate surface area is 181 Å². The second kappa shape index (κ2) is 9.04. The van der Waals surface area contributed by atoms with Crippen LogP contribution in [0.5, 0.6) is 5.75 Å². The fourth-order valence-electron chi connectivity index (χ4n) is 4.13. The fourth-order valence-corrected chi connectivity index (χ4v) is 4.13. The van der Waals surface area contributed by atoms with Crippen LogP contribution in [0.1, 0.15) is 52.1 Å². The molecule has 0 spiro atoms. The molecule has 1 fully saturated rings. The van der Waals surface area contributed by atoms with Crippen molar-refractivity contribution in [3.63, 3.8) is 0 Å². The van der Waals surface area contributed by atoms with Crippen LogP contribution in [-0.2, 0) is 0 Å². The minimum atomic E-state index is -0.0974. The Morgan fingerprint density at radius 2 is 2.10 bits per heavy atom. The zero-order valence-corrected chi connectivity index (χ0v) is 17.7. The largest absolute Gasteiger partial charge is 0.496 e. The van der Waals surface area contributed by atoms with Gasteiger partial charge in [-0.25, -0.2) is 0 Å². The third-order valence-corrected chi connectivity index (χ3v) is 5.64. The van der Waals surface area contributed by atoms with E-state index in [2.05, 4.69) is 15.5 Å². The first-order valence-electron chi connectivity index (χ1n) is 10.5. The Morgan fingerprint density at radius 1 is 1.23 bits per heavy atom. The van der Waals surface area contributed by atoms with Gasteiger partial charge in [-0.3, -0.25) is 14.7 Å². The average molecular weight is 418 g/mol. The molecule has 2 aromatic carbocycles. The third kappa shape index (κ3) is 4.17. The van der Waals surface area contributed by atoms with Gasteiger partial charge < -0.3 is 15.0 Å². The van der Waals surface area contributed by atoms with Gasteiger partial charge in [0.05, 0.1) is 19.3 Å². The SMILES string of the molecule is CCNC(=O)c1cccc([C@H]2CCCN2C(=O)c2ccc(-c3cn[nH]c3)c(OC)c2)c1. The summed E-state index contributed by atoms with van der Waals surface area (Å²) >= 11 is 0. The lowest BCUT2D eigenvalue weighted by molar-refractivity contribution is 0.0735. The van der Waals surface area contributed by atoms with Crippen LogP contribution in [0.2, 0.25) is 0 Å². The lowest BCUT2D eigenvalue weighted by atomic mass is 10.0. The molecule has 1 aliphatic rings. The van der Waals surface area contributed by atoms with Crippen molar-refractivity contribution in [1.29, 1.82) is 0 Å². The highest BCUT2D eigenvalue weighted by Gasteiger charge is 2.31. The van der Waals surface area contributed by atoms with Crippen LogP contribution in [0, 0.1) is 0 Å². The Bertz CT molecular complexity index is 1080. The highest BCUT2D eigenvalue weighted by Crippen LogP contribution is 2.35. The molecule has 0 radical (unpaired) electrons. The molecule has 7 nitrogen and oxygen atoms in total. The number of amides is 2. The summed E-state index contributed by atoms with van der Waals surface area (Å²) in [5, 5.41) is 9.61. The molecular formula is C24H26N4O3. The van der Waals surface area contributed by atoms with Gasteiger partial charge >= 0.3 is 0 Å². The molecule has 31 heavy (non-hydrogen) atoms. The standard InChI is InChI=1S/C24H26N4O3/c1-3-25-23(29)17-7-4-6-16(12-17)21-8-5-11-28(21)24(30)18-9-10-20(22(13-18)31-2)19-14-26-27-15-19/h4,6-7,9-10,12-15,21H,3,5,8,11H2,1-2H3,(H,25,29)(H,26,27)/t21-/m1/s1. The number of rotatable bonds is 6. The van der Waals surface area contributed by atoms with E-state index in [0.717, 1.165) is 29.5 Å². The smallest absolute Gasteiger partial charge is 0.254 e. The number of carbonyl (C=O) groups is 2. The second-order valence-electron chi connectivity index (χ2n) is 7.54. The van der Waals surface area contributed by atoms with E-state index in [1.807, 2.05) is 42.2 Å². The van der Waals surface area contributed by atoms with Crippen LogP contribution in [0.15, 0.2) is 54.9 Å². The van der Waals surface area contributed by atoms with E-state index in [0.29, 0.717) is 30.0 Å². The number of hydrogen-bond donors (Lipinski definition) is 2.